The smallest absolute Gasteiger partial charge is 0.0590 e. The molecule has 0 heterocycles. The molecule has 112 valence electrons. The first-order valence-electron chi connectivity index (χ1n) is 8.13. The van der Waals surface area contributed by atoms with Gasteiger partial charge in [0.25, 0.3) is 0 Å². The molecule has 1 aromatic rings. The number of nitrogens with one attached hydrogen (secondary N) is 1. The molecule has 0 amide bonds. The third kappa shape index (κ3) is 4.92. The van der Waals surface area contributed by atoms with Crippen molar-refractivity contribution in [3.8, 4) is 0 Å². The lowest BCUT2D eigenvalue weighted by Gasteiger charge is -2.25. The van der Waals surface area contributed by atoms with Gasteiger partial charge in [0.15, 0.2) is 0 Å². The van der Waals surface area contributed by atoms with Crippen LogP contribution in [0.3, 0.4) is 0 Å². The second kappa shape index (κ2) is 8.43. The number of rotatable bonds is 8. The Balaban J connectivity index is 1.63. The molecule has 1 atom stereocenters. The SMILES string of the molecule is CC(C)CCOCCNCC1CCCc2ccccc21. The summed E-state index contributed by atoms with van der Waals surface area (Å²) in [6.45, 7) is 8.26. The second-order valence-corrected chi connectivity index (χ2v) is 6.29. The molecule has 0 saturated heterocycles. The van der Waals surface area contributed by atoms with Gasteiger partial charge in [0.1, 0.15) is 0 Å². The van der Waals surface area contributed by atoms with Crippen LogP contribution < -0.4 is 5.32 Å². The van der Waals surface area contributed by atoms with Crippen LogP contribution in [0.1, 0.15) is 50.2 Å². The summed E-state index contributed by atoms with van der Waals surface area (Å²) in [7, 11) is 0. The van der Waals surface area contributed by atoms with Gasteiger partial charge >= 0.3 is 0 Å². The van der Waals surface area contributed by atoms with Gasteiger partial charge in [0.2, 0.25) is 0 Å². The maximum atomic E-state index is 5.64. The zero-order chi connectivity index (χ0) is 14.2. The first-order chi connectivity index (χ1) is 9.77. The molecule has 0 bridgehead atoms. The van der Waals surface area contributed by atoms with Crippen LogP contribution in [0.15, 0.2) is 24.3 Å². The van der Waals surface area contributed by atoms with E-state index in [9.17, 15) is 0 Å². The Morgan fingerprint density at radius 3 is 2.95 bits per heavy atom. The highest BCUT2D eigenvalue weighted by molar-refractivity contribution is 5.32. The number of ether oxygens (including phenoxy) is 1. The molecule has 20 heavy (non-hydrogen) atoms. The Kier molecular flexibility index (Phi) is 6.55. The summed E-state index contributed by atoms with van der Waals surface area (Å²) >= 11 is 0. The van der Waals surface area contributed by atoms with Crippen molar-refractivity contribution in [2.75, 3.05) is 26.3 Å². The van der Waals surface area contributed by atoms with Crippen molar-refractivity contribution in [2.24, 2.45) is 5.92 Å². The first kappa shape index (κ1) is 15.5. The minimum Gasteiger partial charge on any atom is -0.380 e. The highest BCUT2D eigenvalue weighted by Gasteiger charge is 2.18. The van der Waals surface area contributed by atoms with Crippen molar-refractivity contribution in [1.29, 1.82) is 0 Å². The molecule has 0 spiro atoms. The summed E-state index contributed by atoms with van der Waals surface area (Å²) in [4.78, 5) is 0. The van der Waals surface area contributed by atoms with Crippen molar-refractivity contribution in [3.05, 3.63) is 35.4 Å². The van der Waals surface area contributed by atoms with E-state index in [2.05, 4.69) is 43.4 Å². The fraction of sp³-hybridized carbons (Fsp3) is 0.667. The lowest BCUT2D eigenvalue weighted by molar-refractivity contribution is 0.125. The molecule has 0 saturated carbocycles. The third-order valence-electron chi connectivity index (χ3n) is 4.15. The van der Waals surface area contributed by atoms with Crippen LogP contribution in [-0.2, 0) is 11.2 Å². The normalized spacial score (nSPS) is 18.2. The standard InChI is InChI=1S/C18H29NO/c1-15(2)10-12-20-13-11-19-14-17-8-5-7-16-6-3-4-9-18(16)17/h3-4,6,9,15,17,19H,5,7-8,10-14H2,1-2H3. The van der Waals surface area contributed by atoms with Gasteiger partial charge in [-0.3, -0.25) is 0 Å². The van der Waals surface area contributed by atoms with E-state index in [-0.39, 0.29) is 0 Å². The molecular weight excluding hydrogens is 246 g/mol. The van der Waals surface area contributed by atoms with Crippen molar-refractivity contribution >= 4 is 0 Å². The van der Waals surface area contributed by atoms with Gasteiger partial charge in [-0.05, 0) is 48.6 Å². The lowest BCUT2D eigenvalue weighted by Crippen LogP contribution is -2.27. The zero-order valence-electron chi connectivity index (χ0n) is 13.0. The van der Waals surface area contributed by atoms with Gasteiger partial charge in [-0.2, -0.15) is 0 Å². The minimum atomic E-state index is 0.690. The Bertz CT molecular complexity index is 389. The van der Waals surface area contributed by atoms with Gasteiger partial charge in [-0.15, -0.1) is 0 Å². The van der Waals surface area contributed by atoms with E-state index >= 15 is 0 Å². The molecule has 0 aliphatic heterocycles. The van der Waals surface area contributed by atoms with E-state index in [1.54, 1.807) is 11.1 Å². The number of hydrogen-bond acceptors (Lipinski definition) is 2. The Morgan fingerprint density at radius 2 is 2.10 bits per heavy atom. The minimum absolute atomic E-state index is 0.690. The summed E-state index contributed by atoms with van der Waals surface area (Å²) in [6.07, 6.45) is 5.06. The molecule has 1 aliphatic carbocycles. The van der Waals surface area contributed by atoms with E-state index in [0.717, 1.165) is 38.6 Å². The van der Waals surface area contributed by atoms with Crippen molar-refractivity contribution in [2.45, 2.75) is 45.4 Å². The van der Waals surface area contributed by atoms with Crippen molar-refractivity contribution < 1.29 is 4.74 Å². The third-order valence-corrected chi connectivity index (χ3v) is 4.15. The molecule has 2 heteroatoms. The second-order valence-electron chi connectivity index (χ2n) is 6.29. The fourth-order valence-corrected chi connectivity index (χ4v) is 2.91. The van der Waals surface area contributed by atoms with Gasteiger partial charge in [-0.1, -0.05) is 38.1 Å². The maximum absolute atomic E-state index is 5.64. The van der Waals surface area contributed by atoms with E-state index in [0.29, 0.717) is 5.92 Å². The largest absolute Gasteiger partial charge is 0.380 e. The van der Waals surface area contributed by atoms with E-state index in [4.69, 9.17) is 4.74 Å². The Labute approximate surface area is 123 Å². The molecule has 0 radical (unpaired) electrons. The summed E-state index contributed by atoms with van der Waals surface area (Å²) in [5, 5.41) is 3.56. The topological polar surface area (TPSA) is 21.3 Å². The van der Waals surface area contributed by atoms with Crippen molar-refractivity contribution in [3.63, 3.8) is 0 Å². The molecule has 1 aromatic carbocycles. The number of aryl methyl sites for hydroxylation is 1. The summed E-state index contributed by atoms with van der Waals surface area (Å²) in [6, 6.07) is 8.93. The van der Waals surface area contributed by atoms with E-state index < -0.39 is 0 Å². The van der Waals surface area contributed by atoms with E-state index in [1.807, 2.05) is 0 Å². The van der Waals surface area contributed by atoms with Crippen LogP contribution in [0.4, 0.5) is 0 Å². The molecule has 2 rings (SSSR count). The lowest BCUT2D eigenvalue weighted by atomic mass is 9.83. The molecule has 1 unspecified atom stereocenters. The monoisotopic (exact) mass is 275 g/mol. The predicted molar refractivity (Wildman–Crippen MR) is 85.3 cm³/mol. The quantitative estimate of drug-likeness (QED) is 0.729. The highest BCUT2D eigenvalue weighted by atomic mass is 16.5. The van der Waals surface area contributed by atoms with Crippen LogP contribution in [0.5, 0.6) is 0 Å². The van der Waals surface area contributed by atoms with Gasteiger partial charge in [0, 0.05) is 19.7 Å². The van der Waals surface area contributed by atoms with Gasteiger partial charge in [0.05, 0.1) is 6.61 Å². The molecule has 2 nitrogen and oxygen atoms in total. The van der Waals surface area contributed by atoms with Crippen LogP contribution in [0, 0.1) is 5.92 Å². The number of fused-ring (bicyclic) bond motifs is 1. The van der Waals surface area contributed by atoms with Crippen LogP contribution >= 0.6 is 0 Å². The first-order valence-corrected chi connectivity index (χ1v) is 8.13. The molecule has 1 aliphatic rings. The molecule has 1 N–H and O–H groups in total. The maximum Gasteiger partial charge on any atom is 0.0590 e. The van der Waals surface area contributed by atoms with Crippen LogP contribution in [0.25, 0.3) is 0 Å². The van der Waals surface area contributed by atoms with Gasteiger partial charge in [-0.25, -0.2) is 0 Å². The average molecular weight is 275 g/mol. The Morgan fingerprint density at radius 1 is 1.25 bits per heavy atom. The highest BCUT2D eigenvalue weighted by Crippen LogP contribution is 2.30. The van der Waals surface area contributed by atoms with Crippen molar-refractivity contribution in [1.82, 2.24) is 5.32 Å². The number of benzene rings is 1. The Hall–Kier alpha value is -0.860. The van der Waals surface area contributed by atoms with Gasteiger partial charge < -0.3 is 10.1 Å². The zero-order valence-corrected chi connectivity index (χ0v) is 13.0. The van der Waals surface area contributed by atoms with E-state index in [1.165, 1.54) is 19.3 Å². The predicted octanol–water partition coefficient (Wildman–Crippen LogP) is 3.76. The fourth-order valence-electron chi connectivity index (χ4n) is 2.91. The molecule has 0 fully saturated rings. The molecule has 0 aromatic heterocycles. The summed E-state index contributed by atoms with van der Waals surface area (Å²) < 4.78 is 5.64. The summed E-state index contributed by atoms with van der Waals surface area (Å²) in [5.41, 5.74) is 3.12. The average Bonchev–Trinajstić information content (AvgIpc) is 2.46. The number of hydrogen-bond donors (Lipinski definition) is 1. The van der Waals surface area contributed by atoms with Crippen LogP contribution in [0.2, 0.25) is 0 Å². The van der Waals surface area contributed by atoms with Crippen LogP contribution in [-0.4, -0.2) is 26.3 Å². The molecular formula is C18H29NO. The summed E-state index contributed by atoms with van der Waals surface area (Å²) in [5.74, 6) is 1.43.